The van der Waals surface area contributed by atoms with Crippen molar-refractivity contribution in [3.05, 3.63) is 60.1 Å². The SMILES string of the molecule is O=C(NC(Cc1ccccc1)C(=O)N1CCOC(C(=O)O)C1)c1ccco1. The van der Waals surface area contributed by atoms with E-state index in [0.717, 1.165) is 5.56 Å². The molecular formula is C19H20N2O6. The Bertz CT molecular complexity index is 790. The van der Waals surface area contributed by atoms with Gasteiger partial charge in [-0.15, -0.1) is 0 Å². The summed E-state index contributed by atoms with van der Waals surface area (Å²) in [5.41, 5.74) is 0.874. The van der Waals surface area contributed by atoms with Crippen LogP contribution in [0.4, 0.5) is 0 Å². The number of carbonyl (C=O) groups excluding carboxylic acids is 2. The number of nitrogens with zero attached hydrogens (tertiary/aromatic N) is 1. The van der Waals surface area contributed by atoms with Gasteiger partial charge in [0.1, 0.15) is 6.04 Å². The summed E-state index contributed by atoms with van der Waals surface area (Å²) in [7, 11) is 0. The zero-order chi connectivity index (χ0) is 19.2. The molecule has 1 aliphatic heterocycles. The Morgan fingerprint density at radius 2 is 1.96 bits per heavy atom. The molecular weight excluding hydrogens is 352 g/mol. The summed E-state index contributed by atoms with van der Waals surface area (Å²) < 4.78 is 10.2. The standard InChI is InChI=1S/C19H20N2O6/c22-17(15-7-4-9-26-15)20-14(11-13-5-2-1-3-6-13)18(23)21-8-10-27-16(12-21)19(24)25/h1-7,9,14,16H,8,10-12H2,(H,20,22)(H,24,25). The summed E-state index contributed by atoms with van der Waals surface area (Å²) in [6.07, 6.45) is 0.588. The Labute approximate surface area is 155 Å². The van der Waals surface area contributed by atoms with Gasteiger partial charge in [-0.1, -0.05) is 30.3 Å². The maximum atomic E-state index is 13.0. The van der Waals surface area contributed by atoms with Gasteiger partial charge in [0.05, 0.1) is 19.4 Å². The molecule has 1 saturated heterocycles. The highest BCUT2D eigenvalue weighted by Gasteiger charge is 2.33. The van der Waals surface area contributed by atoms with Crippen LogP contribution in [0.1, 0.15) is 16.1 Å². The minimum Gasteiger partial charge on any atom is -0.479 e. The van der Waals surface area contributed by atoms with E-state index in [1.165, 1.54) is 17.2 Å². The maximum Gasteiger partial charge on any atom is 0.334 e. The lowest BCUT2D eigenvalue weighted by molar-refractivity contribution is -0.159. The molecule has 8 heteroatoms. The monoisotopic (exact) mass is 372 g/mol. The fourth-order valence-electron chi connectivity index (χ4n) is 2.91. The molecule has 0 saturated carbocycles. The van der Waals surface area contributed by atoms with Gasteiger partial charge in [0.25, 0.3) is 5.91 Å². The molecule has 27 heavy (non-hydrogen) atoms. The third kappa shape index (κ3) is 4.73. The fraction of sp³-hybridized carbons (Fsp3) is 0.316. The molecule has 0 spiro atoms. The number of hydrogen-bond donors (Lipinski definition) is 2. The summed E-state index contributed by atoms with van der Waals surface area (Å²) in [5, 5.41) is 11.8. The highest BCUT2D eigenvalue weighted by Crippen LogP contribution is 2.12. The van der Waals surface area contributed by atoms with Crippen LogP contribution < -0.4 is 5.32 Å². The van der Waals surface area contributed by atoms with Crippen molar-refractivity contribution in [2.75, 3.05) is 19.7 Å². The Morgan fingerprint density at radius 1 is 1.19 bits per heavy atom. The number of nitrogens with one attached hydrogen (secondary N) is 1. The topological polar surface area (TPSA) is 109 Å². The largest absolute Gasteiger partial charge is 0.479 e. The molecule has 1 aromatic heterocycles. The number of furan rings is 1. The molecule has 1 fully saturated rings. The molecule has 2 heterocycles. The summed E-state index contributed by atoms with van der Waals surface area (Å²) in [6.45, 7) is 0.341. The molecule has 142 valence electrons. The van der Waals surface area contributed by atoms with Crippen molar-refractivity contribution in [1.82, 2.24) is 10.2 Å². The minimum absolute atomic E-state index is 0.0594. The first-order valence-electron chi connectivity index (χ1n) is 8.56. The predicted octanol–water partition coefficient (Wildman–Crippen LogP) is 0.933. The normalized spacial score (nSPS) is 17.9. The average molecular weight is 372 g/mol. The van der Waals surface area contributed by atoms with Gasteiger partial charge < -0.3 is 24.5 Å². The van der Waals surface area contributed by atoms with E-state index in [0.29, 0.717) is 0 Å². The number of benzene rings is 1. The molecule has 3 rings (SSSR count). The molecule has 2 amide bonds. The van der Waals surface area contributed by atoms with Crippen LogP contribution in [0.3, 0.4) is 0 Å². The molecule has 0 bridgehead atoms. The summed E-state index contributed by atoms with van der Waals surface area (Å²) in [4.78, 5) is 38.0. The van der Waals surface area contributed by atoms with Crippen molar-refractivity contribution in [3.8, 4) is 0 Å². The summed E-state index contributed by atoms with van der Waals surface area (Å²) in [6, 6.07) is 11.5. The Morgan fingerprint density at radius 3 is 2.63 bits per heavy atom. The summed E-state index contributed by atoms with van der Waals surface area (Å²) in [5.74, 6) is -1.87. The number of ether oxygens (including phenoxy) is 1. The van der Waals surface area contributed by atoms with Crippen LogP contribution in [0.2, 0.25) is 0 Å². The van der Waals surface area contributed by atoms with Gasteiger partial charge in [-0.3, -0.25) is 9.59 Å². The van der Waals surface area contributed by atoms with E-state index in [1.54, 1.807) is 6.07 Å². The van der Waals surface area contributed by atoms with E-state index in [9.17, 15) is 14.4 Å². The minimum atomic E-state index is -1.12. The number of carboxylic acid groups (broad SMARTS) is 1. The first-order valence-corrected chi connectivity index (χ1v) is 8.56. The van der Waals surface area contributed by atoms with Gasteiger partial charge in [-0.25, -0.2) is 4.79 Å². The van der Waals surface area contributed by atoms with E-state index < -0.39 is 24.0 Å². The smallest absolute Gasteiger partial charge is 0.334 e. The number of rotatable bonds is 6. The van der Waals surface area contributed by atoms with Crippen LogP contribution in [0, 0.1) is 0 Å². The van der Waals surface area contributed by atoms with Gasteiger partial charge in [0.2, 0.25) is 5.91 Å². The van der Waals surface area contributed by atoms with E-state index in [1.807, 2.05) is 30.3 Å². The zero-order valence-electron chi connectivity index (χ0n) is 14.5. The third-order valence-corrected chi connectivity index (χ3v) is 4.28. The van der Waals surface area contributed by atoms with Crippen LogP contribution in [-0.2, 0) is 20.7 Å². The number of morpholine rings is 1. The second-order valence-electron chi connectivity index (χ2n) is 6.17. The van der Waals surface area contributed by atoms with Crippen LogP contribution in [0.5, 0.6) is 0 Å². The number of aliphatic carboxylic acids is 1. The Hall–Kier alpha value is -3.13. The predicted molar refractivity (Wildman–Crippen MR) is 94.1 cm³/mol. The van der Waals surface area contributed by atoms with E-state index in [4.69, 9.17) is 14.3 Å². The van der Waals surface area contributed by atoms with Crippen molar-refractivity contribution >= 4 is 17.8 Å². The fourth-order valence-corrected chi connectivity index (χ4v) is 2.91. The van der Waals surface area contributed by atoms with E-state index >= 15 is 0 Å². The maximum absolute atomic E-state index is 13.0. The molecule has 2 aromatic rings. The van der Waals surface area contributed by atoms with Crippen molar-refractivity contribution in [2.24, 2.45) is 0 Å². The van der Waals surface area contributed by atoms with Crippen LogP contribution in [-0.4, -0.2) is 59.6 Å². The van der Waals surface area contributed by atoms with E-state index in [-0.39, 0.29) is 37.8 Å². The van der Waals surface area contributed by atoms with Gasteiger partial charge in [-0.2, -0.15) is 0 Å². The van der Waals surface area contributed by atoms with Crippen molar-refractivity contribution < 1.29 is 28.6 Å². The Balaban J connectivity index is 1.76. The van der Waals surface area contributed by atoms with Crippen LogP contribution >= 0.6 is 0 Å². The molecule has 8 nitrogen and oxygen atoms in total. The first kappa shape index (κ1) is 18.7. The second kappa shape index (κ2) is 8.50. The van der Waals surface area contributed by atoms with Crippen molar-refractivity contribution in [3.63, 3.8) is 0 Å². The highest BCUT2D eigenvalue weighted by atomic mass is 16.5. The van der Waals surface area contributed by atoms with Crippen LogP contribution in [0.25, 0.3) is 0 Å². The Kier molecular flexibility index (Phi) is 5.87. The van der Waals surface area contributed by atoms with Crippen molar-refractivity contribution in [2.45, 2.75) is 18.6 Å². The number of hydrogen-bond acceptors (Lipinski definition) is 5. The lowest BCUT2D eigenvalue weighted by Gasteiger charge is -2.33. The highest BCUT2D eigenvalue weighted by molar-refractivity contribution is 5.95. The quantitative estimate of drug-likeness (QED) is 0.781. The van der Waals surface area contributed by atoms with E-state index in [2.05, 4.69) is 5.32 Å². The second-order valence-corrected chi connectivity index (χ2v) is 6.17. The first-order chi connectivity index (χ1) is 13.0. The summed E-state index contributed by atoms with van der Waals surface area (Å²) >= 11 is 0. The molecule has 2 N–H and O–H groups in total. The number of carboxylic acids is 1. The van der Waals surface area contributed by atoms with Gasteiger partial charge in [0.15, 0.2) is 11.9 Å². The van der Waals surface area contributed by atoms with Gasteiger partial charge in [-0.05, 0) is 17.7 Å². The number of carbonyl (C=O) groups is 3. The molecule has 0 aliphatic carbocycles. The third-order valence-electron chi connectivity index (χ3n) is 4.28. The van der Waals surface area contributed by atoms with Crippen LogP contribution in [0.15, 0.2) is 53.1 Å². The number of amides is 2. The van der Waals surface area contributed by atoms with Gasteiger partial charge >= 0.3 is 5.97 Å². The lowest BCUT2D eigenvalue weighted by atomic mass is 10.0. The molecule has 1 aliphatic rings. The zero-order valence-corrected chi connectivity index (χ0v) is 14.5. The molecule has 2 atom stereocenters. The molecule has 2 unspecified atom stereocenters. The average Bonchev–Trinajstić information content (AvgIpc) is 3.23. The molecule has 1 aromatic carbocycles. The van der Waals surface area contributed by atoms with Crippen molar-refractivity contribution in [1.29, 1.82) is 0 Å². The lowest BCUT2D eigenvalue weighted by Crippen LogP contribution is -2.55. The molecule has 0 radical (unpaired) electrons. The van der Waals surface area contributed by atoms with Gasteiger partial charge in [0, 0.05) is 13.0 Å².